The Kier molecular flexibility index (Phi) is 4.83. The summed E-state index contributed by atoms with van der Waals surface area (Å²) in [5, 5.41) is 8.62. The summed E-state index contributed by atoms with van der Waals surface area (Å²) in [5.74, 6) is -0.0820. The van der Waals surface area contributed by atoms with Crippen LogP contribution >= 0.6 is 0 Å². The molecule has 5 heteroatoms. The van der Waals surface area contributed by atoms with E-state index in [0.29, 0.717) is 11.6 Å². The number of amides is 3. The van der Waals surface area contributed by atoms with Gasteiger partial charge < -0.3 is 16.0 Å². The molecule has 1 aromatic carbocycles. The van der Waals surface area contributed by atoms with Crippen LogP contribution in [0.3, 0.4) is 0 Å². The lowest BCUT2D eigenvalue weighted by molar-refractivity contribution is 0.0939. The van der Waals surface area contributed by atoms with Crippen LogP contribution in [0.15, 0.2) is 18.2 Å². The van der Waals surface area contributed by atoms with Gasteiger partial charge in [0.05, 0.1) is 0 Å². The zero-order valence-electron chi connectivity index (χ0n) is 12.8. The highest BCUT2D eigenvalue weighted by Crippen LogP contribution is 2.20. The van der Waals surface area contributed by atoms with E-state index in [1.54, 1.807) is 18.2 Å². The molecule has 1 saturated carbocycles. The topological polar surface area (TPSA) is 70.2 Å². The van der Waals surface area contributed by atoms with E-state index in [2.05, 4.69) is 16.0 Å². The third kappa shape index (κ3) is 4.48. The second-order valence-electron chi connectivity index (χ2n) is 5.69. The fourth-order valence-electron chi connectivity index (χ4n) is 1.93. The zero-order chi connectivity index (χ0) is 15.4. The third-order valence-electron chi connectivity index (χ3n) is 3.64. The fraction of sp³-hybridized carbons (Fsp3) is 0.500. The predicted octanol–water partition coefficient (Wildman–Crippen LogP) is 2.81. The number of urea groups is 1. The standard InChI is InChI=1S/C16H23N3O2/c1-4-11(3)17-15(20)12-5-8-14(10(2)9-12)19-16(21)18-13-6-7-13/h5,8-9,11,13H,4,6-7H2,1-3H3,(H,17,20)(H2,18,19,21). The van der Waals surface area contributed by atoms with Crippen LogP contribution in [0.25, 0.3) is 0 Å². The lowest BCUT2D eigenvalue weighted by Gasteiger charge is -2.13. The fourth-order valence-corrected chi connectivity index (χ4v) is 1.93. The van der Waals surface area contributed by atoms with Gasteiger partial charge in [0, 0.05) is 23.3 Å². The molecule has 1 aliphatic carbocycles. The van der Waals surface area contributed by atoms with E-state index >= 15 is 0 Å². The number of rotatable bonds is 5. The molecule has 0 bridgehead atoms. The number of anilines is 1. The molecule has 0 heterocycles. The SMILES string of the molecule is CCC(C)NC(=O)c1ccc(NC(=O)NC2CC2)c(C)c1. The number of nitrogens with one attached hydrogen (secondary N) is 3. The van der Waals surface area contributed by atoms with Gasteiger partial charge in [-0.15, -0.1) is 0 Å². The van der Waals surface area contributed by atoms with Crippen molar-refractivity contribution >= 4 is 17.6 Å². The molecule has 2 rings (SSSR count). The zero-order valence-corrected chi connectivity index (χ0v) is 12.8. The van der Waals surface area contributed by atoms with Crippen LogP contribution in [0.2, 0.25) is 0 Å². The maximum atomic E-state index is 12.0. The molecule has 1 aliphatic rings. The second-order valence-corrected chi connectivity index (χ2v) is 5.69. The van der Waals surface area contributed by atoms with Crippen molar-refractivity contribution in [1.29, 1.82) is 0 Å². The van der Waals surface area contributed by atoms with Gasteiger partial charge in [0.15, 0.2) is 0 Å². The highest BCUT2D eigenvalue weighted by Gasteiger charge is 2.23. The van der Waals surface area contributed by atoms with E-state index in [-0.39, 0.29) is 18.0 Å². The summed E-state index contributed by atoms with van der Waals surface area (Å²) in [7, 11) is 0. The summed E-state index contributed by atoms with van der Waals surface area (Å²) in [6.45, 7) is 5.89. The Morgan fingerprint density at radius 3 is 2.62 bits per heavy atom. The highest BCUT2D eigenvalue weighted by molar-refractivity contribution is 5.96. The van der Waals surface area contributed by atoms with Gasteiger partial charge in [-0.1, -0.05) is 6.92 Å². The Morgan fingerprint density at radius 1 is 1.33 bits per heavy atom. The molecule has 3 amide bonds. The summed E-state index contributed by atoms with van der Waals surface area (Å²) in [6, 6.07) is 5.60. The molecule has 3 N–H and O–H groups in total. The molecule has 1 aromatic rings. The van der Waals surface area contributed by atoms with Crippen LogP contribution < -0.4 is 16.0 Å². The van der Waals surface area contributed by atoms with E-state index in [9.17, 15) is 9.59 Å². The van der Waals surface area contributed by atoms with Crippen molar-refractivity contribution in [3.05, 3.63) is 29.3 Å². The van der Waals surface area contributed by atoms with Gasteiger partial charge >= 0.3 is 6.03 Å². The van der Waals surface area contributed by atoms with E-state index in [1.807, 2.05) is 20.8 Å². The van der Waals surface area contributed by atoms with E-state index in [1.165, 1.54) is 0 Å². The summed E-state index contributed by atoms with van der Waals surface area (Å²) < 4.78 is 0. The van der Waals surface area contributed by atoms with Crippen molar-refractivity contribution in [2.75, 3.05) is 5.32 Å². The number of hydrogen-bond acceptors (Lipinski definition) is 2. The quantitative estimate of drug-likeness (QED) is 0.780. The Morgan fingerprint density at radius 2 is 2.05 bits per heavy atom. The van der Waals surface area contributed by atoms with Gasteiger partial charge in [-0.05, 0) is 56.9 Å². The van der Waals surface area contributed by atoms with Crippen LogP contribution in [0.4, 0.5) is 10.5 Å². The van der Waals surface area contributed by atoms with Crippen LogP contribution in [0.1, 0.15) is 49.0 Å². The molecule has 1 atom stereocenters. The molecule has 0 spiro atoms. The molecular weight excluding hydrogens is 266 g/mol. The Labute approximate surface area is 125 Å². The first kappa shape index (κ1) is 15.4. The molecule has 0 radical (unpaired) electrons. The minimum absolute atomic E-state index is 0.0820. The van der Waals surface area contributed by atoms with Crippen molar-refractivity contribution < 1.29 is 9.59 Å². The van der Waals surface area contributed by atoms with Gasteiger partial charge in [-0.25, -0.2) is 4.79 Å². The van der Waals surface area contributed by atoms with Crippen molar-refractivity contribution in [3.8, 4) is 0 Å². The highest BCUT2D eigenvalue weighted by atomic mass is 16.2. The van der Waals surface area contributed by atoms with Crippen LogP contribution in [-0.4, -0.2) is 24.0 Å². The molecule has 0 aromatic heterocycles. The number of carbonyl (C=O) groups excluding carboxylic acids is 2. The van der Waals surface area contributed by atoms with Gasteiger partial charge in [0.25, 0.3) is 5.91 Å². The molecule has 5 nitrogen and oxygen atoms in total. The van der Waals surface area contributed by atoms with Crippen molar-refractivity contribution in [3.63, 3.8) is 0 Å². The van der Waals surface area contributed by atoms with Crippen LogP contribution in [0.5, 0.6) is 0 Å². The predicted molar refractivity (Wildman–Crippen MR) is 83.6 cm³/mol. The summed E-state index contributed by atoms with van der Waals surface area (Å²) in [6.07, 6.45) is 3.01. The van der Waals surface area contributed by atoms with Crippen molar-refractivity contribution in [1.82, 2.24) is 10.6 Å². The van der Waals surface area contributed by atoms with Gasteiger partial charge in [-0.3, -0.25) is 4.79 Å². The number of carbonyl (C=O) groups is 2. The first-order valence-corrected chi connectivity index (χ1v) is 7.48. The van der Waals surface area contributed by atoms with Gasteiger partial charge in [0.2, 0.25) is 0 Å². The van der Waals surface area contributed by atoms with E-state index < -0.39 is 0 Å². The molecule has 0 aliphatic heterocycles. The largest absolute Gasteiger partial charge is 0.350 e. The molecular formula is C16H23N3O2. The first-order chi connectivity index (χ1) is 9.99. The average molecular weight is 289 g/mol. The molecule has 114 valence electrons. The molecule has 21 heavy (non-hydrogen) atoms. The Hall–Kier alpha value is -2.04. The minimum atomic E-state index is -0.183. The Balaban J connectivity index is 1.99. The maximum absolute atomic E-state index is 12.0. The lowest BCUT2D eigenvalue weighted by atomic mass is 10.1. The summed E-state index contributed by atoms with van der Waals surface area (Å²) in [5.41, 5.74) is 2.21. The monoisotopic (exact) mass is 289 g/mol. The Bertz CT molecular complexity index is 538. The number of hydrogen-bond donors (Lipinski definition) is 3. The van der Waals surface area contributed by atoms with E-state index in [0.717, 1.165) is 30.5 Å². The third-order valence-corrected chi connectivity index (χ3v) is 3.64. The van der Waals surface area contributed by atoms with Crippen LogP contribution in [0, 0.1) is 6.92 Å². The smallest absolute Gasteiger partial charge is 0.319 e. The molecule has 1 fully saturated rings. The number of aryl methyl sites for hydroxylation is 1. The van der Waals surface area contributed by atoms with Gasteiger partial charge in [0.1, 0.15) is 0 Å². The average Bonchev–Trinajstić information content (AvgIpc) is 3.24. The molecule has 0 saturated heterocycles. The van der Waals surface area contributed by atoms with Crippen LogP contribution in [-0.2, 0) is 0 Å². The van der Waals surface area contributed by atoms with Crippen molar-refractivity contribution in [2.45, 2.75) is 52.1 Å². The maximum Gasteiger partial charge on any atom is 0.319 e. The summed E-state index contributed by atoms with van der Waals surface area (Å²) in [4.78, 5) is 23.8. The summed E-state index contributed by atoms with van der Waals surface area (Å²) >= 11 is 0. The minimum Gasteiger partial charge on any atom is -0.350 e. The lowest BCUT2D eigenvalue weighted by Crippen LogP contribution is -2.32. The normalized spacial score (nSPS) is 15.2. The first-order valence-electron chi connectivity index (χ1n) is 7.48. The van der Waals surface area contributed by atoms with E-state index in [4.69, 9.17) is 0 Å². The molecule has 1 unspecified atom stereocenters. The van der Waals surface area contributed by atoms with Crippen molar-refractivity contribution in [2.24, 2.45) is 0 Å². The van der Waals surface area contributed by atoms with Gasteiger partial charge in [-0.2, -0.15) is 0 Å². The number of benzene rings is 1. The second kappa shape index (κ2) is 6.61.